The van der Waals surface area contributed by atoms with Crippen LogP contribution in [0.5, 0.6) is 0 Å². The average molecular weight is 402 g/mol. The van der Waals surface area contributed by atoms with E-state index in [-0.39, 0.29) is 5.30 Å². The van der Waals surface area contributed by atoms with Gasteiger partial charge in [-0.15, -0.1) is 0 Å². The lowest BCUT2D eigenvalue weighted by molar-refractivity contribution is 0.171. The number of hydrogen-bond acceptors (Lipinski definition) is 4. The van der Waals surface area contributed by atoms with Crippen LogP contribution < -0.4 is 0 Å². The minimum atomic E-state index is -0.126. The number of unbranched alkanes of at least 4 members (excludes halogenated alkanes) is 14. The van der Waals surface area contributed by atoms with Gasteiger partial charge >= 0.3 is 5.30 Å². The molecule has 0 saturated heterocycles. The van der Waals surface area contributed by atoms with Gasteiger partial charge in [0, 0.05) is 25.0 Å². The topological polar surface area (TPSA) is 29.5 Å². The molecule has 0 amide bonds. The zero-order valence-corrected chi connectivity index (χ0v) is 19.4. The van der Waals surface area contributed by atoms with Gasteiger partial charge < -0.3 is 4.74 Å². The summed E-state index contributed by atoms with van der Waals surface area (Å²) < 4.78 is 7.53. The Morgan fingerprint density at radius 1 is 0.667 bits per heavy atom. The van der Waals surface area contributed by atoms with E-state index in [2.05, 4.69) is 25.1 Å². The number of hydrogen-bond donors (Lipinski definition) is 0. The Labute approximate surface area is 174 Å². The molecule has 0 bridgehead atoms. The van der Waals surface area contributed by atoms with Crippen molar-refractivity contribution in [1.29, 1.82) is 0 Å². The highest BCUT2D eigenvalue weighted by Crippen LogP contribution is 2.16. The summed E-state index contributed by atoms with van der Waals surface area (Å²) in [6, 6.07) is 0. The fourth-order valence-corrected chi connectivity index (χ4v) is 3.91. The summed E-state index contributed by atoms with van der Waals surface area (Å²) >= 11 is 1.27. The van der Waals surface area contributed by atoms with Crippen molar-refractivity contribution >= 4 is 17.2 Å². The first-order chi connectivity index (χ1) is 13.2. The fourth-order valence-electron chi connectivity index (χ4n) is 3.21. The zero-order valence-electron chi connectivity index (χ0n) is 18.6. The van der Waals surface area contributed by atoms with Crippen molar-refractivity contribution in [1.82, 2.24) is 4.31 Å². The monoisotopic (exact) mass is 401 g/mol. The smallest absolute Gasteiger partial charge is 0.382 e. The number of carbonyl (C=O) groups excluding carboxylic acids is 1. The SMILES string of the molecule is CCCCCCCCCCCCOC(=O)SN(CC)CCCCCCCC. The predicted molar refractivity (Wildman–Crippen MR) is 121 cm³/mol. The quantitative estimate of drug-likeness (QED) is 0.116. The van der Waals surface area contributed by atoms with Crippen molar-refractivity contribution in [3.63, 3.8) is 0 Å². The first-order valence-corrected chi connectivity index (χ1v) is 12.6. The minimum Gasteiger partial charge on any atom is -0.457 e. The van der Waals surface area contributed by atoms with Crippen LogP contribution >= 0.6 is 11.9 Å². The lowest BCUT2D eigenvalue weighted by Crippen LogP contribution is -2.19. The number of ether oxygens (including phenoxy) is 1. The molecule has 0 aromatic rings. The summed E-state index contributed by atoms with van der Waals surface area (Å²) in [5, 5.41) is -0.126. The molecular weight excluding hydrogens is 354 g/mol. The normalized spacial score (nSPS) is 11.3. The van der Waals surface area contributed by atoms with E-state index in [1.54, 1.807) is 0 Å². The molecule has 0 aliphatic heterocycles. The first kappa shape index (κ1) is 26.8. The Balaban J connectivity index is 3.44. The van der Waals surface area contributed by atoms with E-state index in [9.17, 15) is 4.79 Å². The van der Waals surface area contributed by atoms with E-state index >= 15 is 0 Å². The van der Waals surface area contributed by atoms with Crippen LogP contribution in [0, 0.1) is 0 Å². The van der Waals surface area contributed by atoms with Crippen molar-refractivity contribution in [2.45, 2.75) is 124 Å². The van der Waals surface area contributed by atoms with Crippen LogP contribution in [0.1, 0.15) is 124 Å². The van der Waals surface area contributed by atoms with Crippen LogP contribution in [-0.4, -0.2) is 29.3 Å². The van der Waals surface area contributed by atoms with Crippen molar-refractivity contribution in [3.8, 4) is 0 Å². The van der Waals surface area contributed by atoms with Crippen molar-refractivity contribution in [3.05, 3.63) is 0 Å². The van der Waals surface area contributed by atoms with Gasteiger partial charge in [-0.25, -0.2) is 9.10 Å². The van der Waals surface area contributed by atoms with Gasteiger partial charge in [-0.3, -0.25) is 0 Å². The predicted octanol–water partition coefficient (Wildman–Crippen LogP) is 8.37. The minimum absolute atomic E-state index is 0.126. The first-order valence-electron chi connectivity index (χ1n) is 11.8. The maximum Gasteiger partial charge on any atom is 0.382 e. The van der Waals surface area contributed by atoms with E-state index in [4.69, 9.17) is 4.74 Å². The molecule has 0 fully saturated rings. The molecule has 27 heavy (non-hydrogen) atoms. The summed E-state index contributed by atoms with van der Waals surface area (Å²) in [6.07, 6.45) is 20.8. The van der Waals surface area contributed by atoms with Gasteiger partial charge in [0.2, 0.25) is 0 Å². The van der Waals surface area contributed by atoms with Gasteiger partial charge in [-0.2, -0.15) is 0 Å². The third kappa shape index (κ3) is 20.3. The molecular formula is C23H47NO2S. The van der Waals surface area contributed by atoms with Gasteiger partial charge in [0.15, 0.2) is 0 Å². The number of rotatable bonds is 20. The van der Waals surface area contributed by atoms with Gasteiger partial charge in [-0.1, -0.05) is 111 Å². The number of nitrogens with zero attached hydrogens (tertiary/aromatic N) is 1. The Morgan fingerprint density at radius 2 is 1.11 bits per heavy atom. The average Bonchev–Trinajstić information content (AvgIpc) is 2.67. The molecule has 0 aliphatic rings. The van der Waals surface area contributed by atoms with Gasteiger partial charge in [-0.05, 0) is 12.8 Å². The van der Waals surface area contributed by atoms with Crippen LogP contribution in [0.3, 0.4) is 0 Å². The molecule has 0 spiro atoms. The summed E-state index contributed by atoms with van der Waals surface area (Å²) in [5.74, 6) is 0. The molecule has 0 unspecified atom stereocenters. The van der Waals surface area contributed by atoms with E-state index in [1.165, 1.54) is 108 Å². The van der Waals surface area contributed by atoms with Crippen LogP contribution in [0.25, 0.3) is 0 Å². The van der Waals surface area contributed by atoms with Crippen molar-refractivity contribution in [2.75, 3.05) is 19.7 Å². The second-order valence-corrected chi connectivity index (χ2v) is 8.69. The third-order valence-electron chi connectivity index (χ3n) is 5.04. The Kier molecular flexibility index (Phi) is 21.9. The molecule has 0 radical (unpaired) electrons. The van der Waals surface area contributed by atoms with Crippen molar-refractivity contribution < 1.29 is 9.53 Å². The summed E-state index contributed by atoms with van der Waals surface area (Å²) in [5.41, 5.74) is 0. The molecule has 3 nitrogen and oxygen atoms in total. The Hall–Kier alpha value is -0.220. The maximum absolute atomic E-state index is 11.9. The molecule has 0 rings (SSSR count). The highest BCUT2D eigenvalue weighted by Gasteiger charge is 2.11. The van der Waals surface area contributed by atoms with E-state index in [0.29, 0.717) is 6.61 Å². The van der Waals surface area contributed by atoms with Crippen LogP contribution in [-0.2, 0) is 4.74 Å². The van der Waals surface area contributed by atoms with Crippen LogP contribution in [0.15, 0.2) is 0 Å². The number of carbonyl (C=O) groups is 1. The second kappa shape index (κ2) is 22.1. The van der Waals surface area contributed by atoms with E-state index in [0.717, 1.165) is 19.5 Å². The van der Waals surface area contributed by atoms with Crippen molar-refractivity contribution in [2.24, 2.45) is 0 Å². The molecule has 0 heterocycles. The highest BCUT2D eigenvalue weighted by molar-refractivity contribution is 8.11. The standard InChI is InChI=1S/C23H47NO2S/c1-4-7-9-11-13-14-15-16-18-20-22-26-23(25)27-24(6-3)21-19-17-12-10-8-5-2/h4-22H2,1-3H3. The van der Waals surface area contributed by atoms with Gasteiger partial charge in [0.1, 0.15) is 0 Å². The molecule has 4 heteroatoms. The largest absolute Gasteiger partial charge is 0.457 e. The van der Waals surface area contributed by atoms with E-state index in [1.807, 2.05) is 0 Å². The summed E-state index contributed by atoms with van der Waals surface area (Å²) in [6.45, 7) is 9.08. The zero-order chi connectivity index (χ0) is 20.0. The maximum atomic E-state index is 11.9. The highest BCUT2D eigenvalue weighted by atomic mass is 32.2. The third-order valence-corrected chi connectivity index (χ3v) is 6.00. The van der Waals surface area contributed by atoms with Gasteiger partial charge in [0.25, 0.3) is 0 Å². The fraction of sp³-hybridized carbons (Fsp3) is 0.957. The summed E-state index contributed by atoms with van der Waals surface area (Å²) in [4.78, 5) is 11.9. The molecule has 162 valence electrons. The molecule has 0 saturated carbocycles. The molecule has 0 atom stereocenters. The van der Waals surface area contributed by atoms with Crippen LogP contribution in [0.4, 0.5) is 4.79 Å². The summed E-state index contributed by atoms with van der Waals surface area (Å²) in [7, 11) is 0. The second-order valence-electron chi connectivity index (χ2n) is 7.66. The van der Waals surface area contributed by atoms with Crippen LogP contribution in [0.2, 0.25) is 0 Å². The molecule has 0 aromatic heterocycles. The lowest BCUT2D eigenvalue weighted by Gasteiger charge is -2.17. The Bertz CT molecular complexity index is 313. The lowest BCUT2D eigenvalue weighted by atomic mass is 10.1. The molecule has 0 N–H and O–H groups in total. The Morgan fingerprint density at radius 3 is 1.59 bits per heavy atom. The van der Waals surface area contributed by atoms with Gasteiger partial charge in [0.05, 0.1) is 6.61 Å². The molecule has 0 aliphatic carbocycles. The molecule has 0 aromatic carbocycles. The van der Waals surface area contributed by atoms with E-state index < -0.39 is 0 Å².